The summed E-state index contributed by atoms with van der Waals surface area (Å²) in [5.41, 5.74) is -0.259. The van der Waals surface area contributed by atoms with E-state index >= 15 is 0 Å². The number of likely N-dealkylation sites (tertiary alicyclic amines) is 1. The van der Waals surface area contributed by atoms with Crippen LogP contribution in [0.5, 0.6) is 0 Å². The molecule has 6 nitrogen and oxygen atoms in total. The van der Waals surface area contributed by atoms with Gasteiger partial charge in [-0.25, -0.2) is 0 Å². The van der Waals surface area contributed by atoms with Crippen molar-refractivity contribution < 1.29 is 9.72 Å². The monoisotopic (exact) mass is 333 g/mol. The van der Waals surface area contributed by atoms with Gasteiger partial charge < -0.3 is 10.2 Å². The van der Waals surface area contributed by atoms with Crippen LogP contribution in [0, 0.1) is 10.1 Å². The van der Waals surface area contributed by atoms with Gasteiger partial charge in [0, 0.05) is 25.2 Å². The third kappa shape index (κ3) is 3.84. The maximum absolute atomic E-state index is 12.5. The number of nitro groups is 1. The average molecular weight is 334 g/mol. The lowest BCUT2D eigenvalue weighted by molar-refractivity contribution is -0.385. The summed E-state index contributed by atoms with van der Waals surface area (Å²) in [6.45, 7) is 1.14. The molecule has 0 bridgehead atoms. The van der Waals surface area contributed by atoms with Gasteiger partial charge in [0.25, 0.3) is 11.6 Å². The Morgan fingerprint density at radius 3 is 2.86 bits per heavy atom. The van der Waals surface area contributed by atoms with Crippen LogP contribution in [-0.4, -0.2) is 41.9 Å². The highest BCUT2D eigenvalue weighted by Crippen LogP contribution is 2.28. The second kappa shape index (κ2) is 7.59. The molecule has 1 aromatic rings. The van der Waals surface area contributed by atoms with E-state index in [9.17, 15) is 14.9 Å². The first-order valence-electron chi connectivity index (χ1n) is 6.44. The Morgan fingerprint density at radius 1 is 1.52 bits per heavy atom. The first-order valence-corrected chi connectivity index (χ1v) is 6.82. The summed E-state index contributed by atoms with van der Waals surface area (Å²) in [6.07, 6.45) is 1.86. The molecule has 1 N–H and O–H groups in total. The first kappa shape index (κ1) is 17.7. The highest BCUT2D eigenvalue weighted by atomic mass is 35.5. The van der Waals surface area contributed by atoms with Crippen LogP contribution in [0.25, 0.3) is 0 Å². The van der Waals surface area contributed by atoms with Gasteiger partial charge in [0.1, 0.15) is 5.56 Å². The number of benzene rings is 1. The second-order valence-electron chi connectivity index (χ2n) is 4.77. The third-order valence-corrected chi connectivity index (χ3v) is 3.83. The van der Waals surface area contributed by atoms with Crippen LogP contribution in [0.1, 0.15) is 23.2 Å². The zero-order chi connectivity index (χ0) is 14.7. The zero-order valence-electron chi connectivity index (χ0n) is 11.5. The Kier molecular flexibility index (Phi) is 6.39. The summed E-state index contributed by atoms with van der Waals surface area (Å²) in [5.74, 6) is -0.373. The van der Waals surface area contributed by atoms with Crippen molar-refractivity contribution in [3.63, 3.8) is 0 Å². The van der Waals surface area contributed by atoms with Gasteiger partial charge >= 0.3 is 0 Å². The van der Waals surface area contributed by atoms with Crippen LogP contribution in [0.4, 0.5) is 5.69 Å². The third-order valence-electron chi connectivity index (χ3n) is 3.52. The van der Waals surface area contributed by atoms with Gasteiger partial charge in [-0.15, -0.1) is 12.4 Å². The predicted molar refractivity (Wildman–Crippen MR) is 83.3 cm³/mol. The largest absolute Gasteiger partial charge is 0.337 e. The molecular weight excluding hydrogens is 317 g/mol. The Morgan fingerprint density at radius 2 is 2.24 bits per heavy atom. The summed E-state index contributed by atoms with van der Waals surface area (Å²) in [6, 6.07) is 4.50. The lowest BCUT2D eigenvalue weighted by atomic mass is 10.0. The van der Waals surface area contributed by atoms with Crippen LogP contribution in [0.15, 0.2) is 18.2 Å². The average Bonchev–Trinajstić information content (AvgIpc) is 2.46. The quantitative estimate of drug-likeness (QED) is 0.681. The molecule has 116 valence electrons. The summed E-state index contributed by atoms with van der Waals surface area (Å²) < 4.78 is 0. The maximum Gasteiger partial charge on any atom is 0.283 e. The van der Waals surface area contributed by atoms with Crippen molar-refractivity contribution in [3.8, 4) is 0 Å². The summed E-state index contributed by atoms with van der Waals surface area (Å²) in [7, 11) is 1.84. The minimum Gasteiger partial charge on any atom is -0.337 e. The Labute approximate surface area is 134 Å². The smallest absolute Gasteiger partial charge is 0.283 e. The van der Waals surface area contributed by atoms with Crippen molar-refractivity contribution >= 4 is 35.6 Å². The van der Waals surface area contributed by atoms with Gasteiger partial charge in [0.2, 0.25) is 0 Å². The maximum atomic E-state index is 12.5. The molecule has 0 saturated carbocycles. The molecule has 0 spiro atoms. The van der Waals surface area contributed by atoms with Crippen LogP contribution < -0.4 is 5.32 Å². The number of hydrogen-bond acceptors (Lipinski definition) is 4. The van der Waals surface area contributed by atoms with Gasteiger partial charge in [-0.2, -0.15) is 0 Å². The van der Waals surface area contributed by atoms with Crippen molar-refractivity contribution in [1.29, 1.82) is 0 Å². The van der Waals surface area contributed by atoms with E-state index in [1.165, 1.54) is 18.2 Å². The molecule has 0 aliphatic carbocycles. The number of likely N-dealkylation sites (N-methyl/N-ethyl adjacent to an activating group) is 1. The normalized spacial score (nSPS) is 18.0. The SMILES string of the molecule is CNC1CCCN(C(=O)c2c(Cl)cccc2[N+](=O)[O-])C1.Cl. The Hall–Kier alpha value is -1.37. The lowest BCUT2D eigenvalue weighted by Gasteiger charge is -2.32. The summed E-state index contributed by atoms with van der Waals surface area (Å²) >= 11 is 5.99. The molecule has 1 heterocycles. The molecule has 1 saturated heterocycles. The predicted octanol–water partition coefficient (Wildman–Crippen LogP) is 2.49. The van der Waals surface area contributed by atoms with Crippen molar-refractivity contribution in [3.05, 3.63) is 38.9 Å². The molecular formula is C13H17Cl2N3O3. The first-order chi connectivity index (χ1) is 9.54. The molecule has 1 aromatic carbocycles. The fourth-order valence-corrected chi connectivity index (χ4v) is 2.68. The van der Waals surface area contributed by atoms with Crippen LogP contribution in [0.3, 0.4) is 0 Å². The van der Waals surface area contributed by atoms with Crippen LogP contribution >= 0.6 is 24.0 Å². The number of nitrogens with zero attached hydrogens (tertiary/aromatic N) is 2. The number of piperidine rings is 1. The molecule has 1 aliphatic rings. The standard InChI is InChI=1S/C13H16ClN3O3.ClH/c1-15-9-4-3-7-16(8-9)13(18)12-10(14)5-2-6-11(12)17(19)20;/h2,5-6,9,15H,3-4,7-8H2,1H3;1H. The number of nitro benzene ring substituents is 1. The molecule has 2 rings (SSSR count). The van der Waals surface area contributed by atoms with E-state index in [0.717, 1.165) is 12.8 Å². The van der Waals surface area contributed by atoms with Gasteiger partial charge in [-0.1, -0.05) is 17.7 Å². The van der Waals surface area contributed by atoms with Crippen LogP contribution in [0.2, 0.25) is 5.02 Å². The number of halogens is 2. The molecule has 0 radical (unpaired) electrons. The second-order valence-corrected chi connectivity index (χ2v) is 5.18. The van der Waals surface area contributed by atoms with Gasteiger partial charge in [0.15, 0.2) is 0 Å². The van der Waals surface area contributed by atoms with E-state index < -0.39 is 4.92 Å². The fraction of sp³-hybridized carbons (Fsp3) is 0.462. The Balaban J connectivity index is 0.00000220. The molecule has 1 aliphatic heterocycles. The molecule has 21 heavy (non-hydrogen) atoms. The topological polar surface area (TPSA) is 75.5 Å². The number of rotatable bonds is 3. The minimum atomic E-state index is -0.571. The highest BCUT2D eigenvalue weighted by Gasteiger charge is 2.30. The highest BCUT2D eigenvalue weighted by molar-refractivity contribution is 6.34. The van der Waals surface area contributed by atoms with E-state index in [4.69, 9.17) is 11.6 Å². The van der Waals surface area contributed by atoms with E-state index in [2.05, 4.69) is 5.32 Å². The van der Waals surface area contributed by atoms with Gasteiger partial charge in [-0.05, 0) is 26.0 Å². The molecule has 0 aromatic heterocycles. The van der Waals surface area contributed by atoms with E-state index in [0.29, 0.717) is 13.1 Å². The van der Waals surface area contributed by atoms with Crippen molar-refractivity contribution in [2.24, 2.45) is 0 Å². The summed E-state index contributed by atoms with van der Waals surface area (Å²) in [5, 5.41) is 14.3. The fourth-order valence-electron chi connectivity index (χ4n) is 2.43. The molecule has 8 heteroatoms. The van der Waals surface area contributed by atoms with Crippen molar-refractivity contribution in [2.45, 2.75) is 18.9 Å². The van der Waals surface area contributed by atoms with Gasteiger partial charge in [0.05, 0.1) is 9.95 Å². The molecule has 1 unspecified atom stereocenters. The van der Waals surface area contributed by atoms with Gasteiger partial charge in [-0.3, -0.25) is 14.9 Å². The van der Waals surface area contributed by atoms with E-state index in [1.54, 1.807) is 4.90 Å². The number of carbonyl (C=O) groups is 1. The zero-order valence-corrected chi connectivity index (χ0v) is 13.1. The minimum absolute atomic E-state index is 0. The van der Waals surface area contributed by atoms with Crippen LogP contribution in [-0.2, 0) is 0 Å². The molecule has 1 fully saturated rings. The number of nitrogens with one attached hydrogen (secondary N) is 1. The van der Waals surface area contributed by atoms with E-state index in [1.807, 2.05) is 7.05 Å². The summed E-state index contributed by atoms with van der Waals surface area (Å²) in [4.78, 5) is 24.6. The van der Waals surface area contributed by atoms with E-state index in [-0.39, 0.29) is 40.6 Å². The lowest BCUT2D eigenvalue weighted by Crippen LogP contribution is -2.47. The Bertz CT molecular complexity index is 539. The number of amides is 1. The van der Waals surface area contributed by atoms with Crippen molar-refractivity contribution in [2.75, 3.05) is 20.1 Å². The molecule has 1 amide bonds. The number of hydrogen-bond donors (Lipinski definition) is 1. The number of carbonyl (C=O) groups excluding carboxylic acids is 1. The van der Waals surface area contributed by atoms with Crippen molar-refractivity contribution in [1.82, 2.24) is 10.2 Å². The molecule has 1 atom stereocenters.